The van der Waals surface area contributed by atoms with Crippen LogP contribution in [0.4, 0.5) is 0 Å². The molecule has 1 aliphatic carbocycles. The number of nitrogens with one attached hydrogen (secondary N) is 1. The highest BCUT2D eigenvalue weighted by molar-refractivity contribution is 5.26. The van der Waals surface area contributed by atoms with Crippen LogP contribution in [-0.4, -0.2) is 40.5 Å². The van der Waals surface area contributed by atoms with Crippen molar-refractivity contribution in [1.82, 2.24) is 20.2 Å². The molecular weight excluding hydrogens is 334 g/mol. The summed E-state index contributed by atoms with van der Waals surface area (Å²) in [6.07, 6.45) is 10.7. The summed E-state index contributed by atoms with van der Waals surface area (Å²) in [5.74, 6) is 0. The maximum atomic E-state index is 5.76. The quantitative estimate of drug-likeness (QED) is 0.738. The Kier molecular flexibility index (Phi) is 6.12. The Balaban J connectivity index is 1.50. The molecule has 5 nitrogen and oxygen atoms in total. The molecule has 0 bridgehead atoms. The number of pyridine rings is 2. The third-order valence-corrected chi connectivity index (χ3v) is 5.97. The largest absolute Gasteiger partial charge is 0.330 e. The predicted octanol–water partition coefficient (Wildman–Crippen LogP) is 2.61. The fourth-order valence-electron chi connectivity index (χ4n) is 4.56. The smallest absolute Gasteiger partial charge is 0.0607 e. The van der Waals surface area contributed by atoms with Crippen LogP contribution in [0.3, 0.4) is 0 Å². The van der Waals surface area contributed by atoms with Crippen LogP contribution in [0, 0.1) is 0 Å². The minimum absolute atomic E-state index is 0.430. The van der Waals surface area contributed by atoms with Gasteiger partial charge in [0.25, 0.3) is 0 Å². The van der Waals surface area contributed by atoms with Crippen molar-refractivity contribution in [3.05, 3.63) is 59.2 Å². The fourth-order valence-corrected chi connectivity index (χ4v) is 4.56. The Bertz CT molecular complexity index is 747. The molecule has 0 aromatic carbocycles. The molecule has 1 aliphatic heterocycles. The van der Waals surface area contributed by atoms with Crippen molar-refractivity contribution >= 4 is 0 Å². The molecule has 5 heteroatoms. The summed E-state index contributed by atoms with van der Waals surface area (Å²) >= 11 is 0. The lowest BCUT2D eigenvalue weighted by Crippen LogP contribution is -2.47. The monoisotopic (exact) mass is 365 g/mol. The zero-order chi connectivity index (χ0) is 18.5. The molecule has 2 aliphatic rings. The van der Waals surface area contributed by atoms with Gasteiger partial charge >= 0.3 is 0 Å². The summed E-state index contributed by atoms with van der Waals surface area (Å²) in [5.41, 5.74) is 11.1. The van der Waals surface area contributed by atoms with Crippen molar-refractivity contribution in [2.45, 2.75) is 57.2 Å². The Hall–Kier alpha value is -1.82. The van der Waals surface area contributed by atoms with E-state index in [0.29, 0.717) is 12.1 Å². The zero-order valence-corrected chi connectivity index (χ0v) is 16.1. The van der Waals surface area contributed by atoms with Crippen molar-refractivity contribution < 1.29 is 0 Å². The lowest BCUT2D eigenvalue weighted by molar-refractivity contribution is 0.150. The van der Waals surface area contributed by atoms with Crippen LogP contribution in [-0.2, 0) is 19.4 Å². The Labute approximate surface area is 162 Å². The highest BCUT2D eigenvalue weighted by Gasteiger charge is 2.29. The van der Waals surface area contributed by atoms with Crippen LogP contribution in [0.1, 0.15) is 54.2 Å². The first kappa shape index (κ1) is 18.5. The van der Waals surface area contributed by atoms with E-state index in [-0.39, 0.29) is 0 Å². The SMILES string of the molecule is NCCCCN(C[C@H]1Cc2ncccc2CN1)[C@H]1CCCc2cccnc21. The third kappa shape index (κ3) is 4.37. The Morgan fingerprint density at radius 1 is 1.11 bits per heavy atom. The summed E-state index contributed by atoms with van der Waals surface area (Å²) < 4.78 is 0. The van der Waals surface area contributed by atoms with Gasteiger partial charge in [0.2, 0.25) is 0 Å². The molecule has 3 N–H and O–H groups in total. The van der Waals surface area contributed by atoms with Crippen molar-refractivity contribution in [2.24, 2.45) is 5.73 Å². The minimum Gasteiger partial charge on any atom is -0.330 e. The first-order chi connectivity index (χ1) is 13.3. The number of aryl methyl sites for hydroxylation is 1. The van der Waals surface area contributed by atoms with Gasteiger partial charge in [-0.05, 0) is 68.5 Å². The van der Waals surface area contributed by atoms with Crippen molar-refractivity contribution in [1.29, 1.82) is 0 Å². The average Bonchev–Trinajstić information content (AvgIpc) is 2.73. The molecule has 2 atom stereocenters. The van der Waals surface area contributed by atoms with Gasteiger partial charge in [0.05, 0.1) is 11.7 Å². The minimum atomic E-state index is 0.430. The lowest BCUT2D eigenvalue weighted by Gasteiger charge is -2.38. The number of hydrogen-bond acceptors (Lipinski definition) is 5. The number of hydrogen-bond donors (Lipinski definition) is 2. The first-order valence-corrected chi connectivity index (χ1v) is 10.4. The molecule has 0 fully saturated rings. The van der Waals surface area contributed by atoms with Crippen molar-refractivity contribution in [2.75, 3.05) is 19.6 Å². The summed E-state index contributed by atoms with van der Waals surface area (Å²) in [4.78, 5) is 12.1. The fraction of sp³-hybridized carbons (Fsp3) is 0.545. The second kappa shape index (κ2) is 8.91. The molecule has 0 saturated heterocycles. The molecule has 0 spiro atoms. The predicted molar refractivity (Wildman–Crippen MR) is 108 cm³/mol. The zero-order valence-electron chi connectivity index (χ0n) is 16.1. The van der Waals surface area contributed by atoms with E-state index in [1.54, 1.807) is 0 Å². The van der Waals surface area contributed by atoms with Gasteiger partial charge in [0.1, 0.15) is 0 Å². The van der Waals surface area contributed by atoms with Gasteiger partial charge in [-0.1, -0.05) is 12.1 Å². The van der Waals surface area contributed by atoms with E-state index in [1.165, 1.54) is 35.4 Å². The van der Waals surface area contributed by atoms with Crippen LogP contribution in [0.15, 0.2) is 36.7 Å². The summed E-state index contributed by atoms with van der Waals surface area (Å²) in [6, 6.07) is 9.42. The van der Waals surface area contributed by atoms with Crippen molar-refractivity contribution in [3.8, 4) is 0 Å². The number of aromatic nitrogens is 2. The van der Waals surface area contributed by atoms with E-state index in [0.717, 1.165) is 51.9 Å². The molecule has 2 aromatic heterocycles. The molecule has 0 unspecified atom stereocenters. The van der Waals surface area contributed by atoms with Crippen LogP contribution < -0.4 is 11.1 Å². The highest BCUT2D eigenvalue weighted by Crippen LogP contribution is 2.33. The van der Waals surface area contributed by atoms with Gasteiger partial charge < -0.3 is 11.1 Å². The van der Waals surface area contributed by atoms with Gasteiger partial charge in [-0.2, -0.15) is 0 Å². The highest BCUT2D eigenvalue weighted by atomic mass is 15.2. The Morgan fingerprint density at radius 3 is 2.85 bits per heavy atom. The molecule has 27 heavy (non-hydrogen) atoms. The van der Waals surface area contributed by atoms with E-state index in [4.69, 9.17) is 10.7 Å². The number of rotatable bonds is 7. The van der Waals surface area contributed by atoms with Gasteiger partial charge in [-0.3, -0.25) is 14.9 Å². The standard InChI is InChI=1S/C22H31N5/c23-10-1-2-13-27(21-9-3-6-17-7-4-12-25-22(17)21)16-19-14-20-18(15-26-19)8-5-11-24-20/h4-5,7-8,11-12,19,21,26H,1-3,6,9-10,13-16,23H2/t19-,21+/m1/s1. The molecule has 0 saturated carbocycles. The summed E-state index contributed by atoms with van der Waals surface area (Å²) in [7, 11) is 0. The molecule has 2 aromatic rings. The number of unbranched alkanes of at least 4 members (excludes halogenated alkanes) is 1. The van der Waals surface area contributed by atoms with E-state index < -0.39 is 0 Å². The van der Waals surface area contributed by atoms with Crippen LogP contribution >= 0.6 is 0 Å². The van der Waals surface area contributed by atoms with E-state index in [1.807, 2.05) is 18.5 Å². The van der Waals surface area contributed by atoms with Gasteiger partial charge in [0, 0.05) is 43.6 Å². The maximum absolute atomic E-state index is 5.76. The number of nitrogens with zero attached hydrogens (tertiary/aromatic N) is 3. The average molecular weight is 366 g/mol. The van der Waals surface area contributed by atoms with E-state index in [9.17, 15) is 0 Å². The number of fused-ring (bicyclic) bond motifs is 2. The van der Waals surface area contributed by atoms with Crippen LogP contribution in [0.25, 0.3) is 0 Å². The second-order valence-electron chi connectivity index (χ2n) is 7.84. The maximum Gasteiger partial charge on any atom is 0.0607 e. The van der Waals surface area contributed by atoms with Gasteiger partial charge in [-0.15, -0.1) is 0 Å². The second-order valence-corrected chi connectivity index (χ2v) is 7.84. The topological polar surface area (TPSA) is 67.1 Å². The molecular formula is C22H31N5. The van der Waals surface area contributed by atoms with E-state index >= 15 is 0 Å². The Morgan fingerprint density at radius 2 is 1.96 bits per heavy atom. The molecule has 4 rings (SSSR count). The summed E-state index contributed by atoms with van der Waals surface area (Å²) in [5, 5.41) is 3.73. The van der Waals surface area contributed by atoms with Crippen molar-refractivity contribution in [3.63, 3.8) is 0 Å². The third-order valence-electron chi connectivity index (χ3n) is 5.97. The number of nitrogens with two attached hydrogens (primary N) is 1. The van der Waals surface area contributed by atoms with Gasteiger partial charge in [0.15, 0.2) is 0 Å². The molecule has 0 radical (unpaired) electrons. The van der Waals surface area contributed by atoms with E-state index in [2.05, 4.69) is 33.4 Å². The first-order valence-electron chi connectivity index (χ1n) is 10.4. The molecule has 144 valence electrons. The van der Waals surface area contributed by atoms with Crippen LogP contribution in [0.2, 0.25) is 0 Å². The summed E-state index contributed by atoms with van der Waals surface area (Å²) in [6.45, 7) is 3.82. The van der Waals surface area contributed by atoms with Crippen LogP contribution in [0.5, 0.6) is 0 Å². The normalized spacial score (nSPS) is 21.7. The molecule has 3 heterocycles. The lowest BCUT2D eigenvalue weighted by atomic mass is 9.90. The van der Waals surface area contributed by atoms with Gasteiger partial charge in [-0.25, -0.2) is 0 Å². The molecule has 0 amide bonds.